The lowest BCUT2D eigenvalue weighted by molar-refractivity contribution is 0.711. The maximum absolute atomic E-state index is 12.1. The van der Waals surface area contributed by atoms with Crippen molar-refractivity contribution in [3.63, 3.8) is 0 Å². The van der Waals surface area contributed by atoms with E-state index in [-0.39, 0.29) is 5.56 Å². The first-order valence-corrected chi connectivity index (χ1v) is 7.07. The maximum atomic E-state index is 12.1. The SMILES string of the molecule is O=c1cnnc(NCc2ccccc2)n1Cc1ccccc1. The lowest BCUT2D eigenvalue weighted by Crippen LogP contribution is -2.25. The molecule has 0 saturated heterocycles. The number of benzene rings is 2. The Bertz CT molecular complexity index is 785. The van der Waals surface area contributed by atoms with Crippen molar-refractivity contribution in [2.24, 2.45) is 0 Å². The van der Waals surface area contributed by atoms with Crippen LogP contribution in [0.1, 0.15) is 11.1 Å². The van der Waals surface area contributed by atoms with E-state index in [0.29, 0.717) is 19.0 Å². The third-order valence-corrected chi connectivity index (χ3v) is 3.32. The zero-order valence-electron chi connectivity index (χ0n) is 12.0. The summed E-state index contributed by atoms with van der Waals surface area (Å²) in [5.74, 6) is 0.472. The minimum Gasteiger partial charge on any atom is -0.350 e. The molecule has 110 valence electrons. The van der Waals surface area contributed by atoms with Crippen molar-refractivity contribution in [3.05, 3.63) is 88.3 Å². The molecule has 2 aromatic carbocycles. The van der Waals surface area contributed by atoms with Crippen molar-refractivity contribution in [1.82, 2.24) is 14.8 Å². The van der Waals surface area contributed by atoms with Crippen molar-refractivity contribution in [1.29, 1.82) is 0 Å². The van der Waals surface area contributed by atoms with E-state index in [4.69, 9.17) is 0 Å². The fourth-order valence-corrected chi connectivity index (χ4v) is 2.19. The van der Waals surface area contributed by atoms with Gasteiger partial charge in [-0.25, -0.2) is 0 Å². The van der Waals surface area contributed by atoms with Crippen molar-refractivity contribution in [2.75, 3.05) is 5.32 Å². The van der Waals surface area contributed by atoms with Crippen LogP contribution in [-0.4, -0.2) is 14.8 Å². The molecule has 22 heavy (non-hydrogen) atoms. The number of hydrogen-bond donors (Lipinski definition) is 1. The Labute approximate surface area is 128 Å². The highest BCUT2D eigenvalue weighted by Crippen LogP contribution is 2.07. The molecule has 0 aliphatic rings. The highest BCUT2D eigenvalue weighted by molar-refractivity contribution is 5.28. The molecular weight excluding hydrogens is 276 g/mol. The van der Waals surface area contributed by atoms with Crippen LogP contribution >= 0.6 is 0 Å². The Morgan fingerprint density at radius 3 is 2.23 bits per heavy atom. The molecular formula is C17H16N4O. The average Bonchev–Trinajstić information content (AvgIpc) is 2.57. The lowest BCUT2D eigenvalue weighted by atomic mass is 10.2. The van der Waals surface area contributed by atoms with Gasteiger partial charge in [0, 0.05) is 6.54 Å². The van der Waals surface area contributed by atoms with E-state index in [0.717, 1.165) is 11.1 Å². The van der Waals surface area contributed by atoms with Gasteiger partial charge in [0.05, 0.1) is 6.54 Å². The van der Waals surface area contributed by atoms with Crippen LogP contribution in [0, 0.1) is 0 Å². The predicted octanol–water partition coefficient (Wildman–Crippen LogP) is 2.30. The van der Waals surface area contributed by atoms with E-state index < -0.39 is 0 Å². The molecule has 1 heterocycles. The smallest absolute Gasteiger partial charge is 0.273 e. The highest BCUT2D eigenvalue weighted by atomic mass is 16.1. The monoisotopic (exact) mass is 292 g/mol. The zero-order chi connectivity index (χ0) is 15.2. The largest absolute Gasteiger partial charge is 0.350 e. The maximum Gasteiger partial charge on any atom is 0.273 e. The van der Waals surface area contributed by atoms with Gasteiger partial charge in [0.25, 0.3) is 5.56 Å². The molecule has 3 aromatic rings. The highest BCUT2D eigenvalue weighted by Gasteiger charge is 2.06. The molecule has 0 spiro atoms. The fourth-order valence-electron chi connectivity index (χ4n) is 2.19. The Morgan fingerprint density at radius 1 is 0.909 bits per heavy atom. The summed E-state index contributed by atoms with van der Waals surface area (Å²) in [6.07, 6.45) is 1.23. The minimum atomic E-state index is -0.172. The zero-order valence-corrected chi connectivity index (χ0v) is 12.0. The van der Waals surface area contributed by atoms with Gasteiger partial charge >= 0.3 is 0 Å². The Kier molecular flexibility index (Phi) is 4.25. The molecule has 3 rings (SSSR count). The van der Waals surface area contributed by atoms with Gasteiger partial charge in [0.15, 0.2) is 0 Å². The first kappa shape index (κ1) is 14.0. The van der Waals surface area contributed by atoms with Crippen LogP contribution in [0.5, 0.6) is 0 Å². The molecule has 0 aliphatic heterocycles. The first-order valence-electron chi connectivity index (χ1n) is 7.07. The van der Waals surface area contributed by atoms with E-state index in [9.17, 15) is 4.79 Å². The first-order chi connectivity index (χ1) is 10.8. The van der Waals surface area contributed by atoms with E-state index in [1.54, 1.807) is 4.57 Å². The van der Waals surface area contributed by atoms with Crippen molar-refractivity contribution >= 4 is 5.95 Å². The fraction of sp³-hybridized carbons (Fsp3) is 0.118. The number of nitrogens with one attached hydrogen (secondary N) is 1. The molecule has 5 nitrogen and oxygen atoms in total. The number of rotatable bonds is 5. The Hall–Kier alpha value is -2.95. The molecule has 0 unspecified atom stereocenters. The Balaban J connectivity index is 1.82. The van der Waals surface area contributed by atoms with Gasteiger partial charge in [0.2, 0.25) is 5.95 Å². The Morgan fingerprint density at radius 2 is 1.55 bits per heavy atom. The summed E-state index contributed by atoms with van der Waals surface area (Å²) in [6, 6.07) is 19.8. The van der Waals surface area contributed by atoms with Crippen LogP contribution in [0.3, 0.4) is 0 Å². The summed E-state index contributed by atoms with van der Waals surface area (Å²) in [6.45, 7) is 1.06. The quantitative estimate of drug-likeness (QED) is 0.784. The van der Waals surface area contributed by atoms with Crippen molar-refractivity contribution in [2.45, 2.75) is 13.1 Å². The molecule has 0 amide bonds. The number of anilines is 1. The average molecular weight is 292 g/mol. The van der Waals surface area contributed by atoms with Crippen molar-refractivity contribution in [3.8, 4) is 0 Å². The molecule has 0 saturated carbocycles. The summed E-state index contributed by atoms with van der Waals surface area (Å²) in [7, 11) is 0. The van der Waals surface area contributed by atoms with Crippen LogP contribution < -0.4 is 10.9 Å². The molecule has 1 aromatic heterocycles. The lowest BCUT2D eigenvalue weighted by Gasteiger charge is -2.12. The van der Waals surface area contributed by atoms with Crippen LogP contribution in [0.25, 0.3) is 0 Å². The van der Waals surface area contributed by atoms with Gasteiger partial charge in [-0.3, -0.25) is 9.36 Å². The van der Waals surface area contributed by atoms with Gasteiger partial charge in [-0.1, -0.05) is 60.7 Å². The summed E-state index contributed by atoms with van der Waals surface area (Å²) in [5, 5.41) is 11.0. The van der Waals surface area contributed by atoms with Crippen LogP contribution in [0.15, 0.2) is 71.7 Å². The van der Waals surface area contributed by atoms with Gasteiger partial charge in [-0.15, -0.1) is 10.2 Å². The van der Waals surface area contributed by atoms with E-state index >= 15 is 0 Å². The van der Waals surface area contributed by atoms with E-state index in [1.807, 2.05) is 60.7 Å². The number of hydrogen-bond acceptors (Lipinski definition) is 4. The predicted molar refractivity (Wildman–Crippen MR) is 85.6 cm³/mol. The summed E-state index contributed by atoms with van der Waals surface area (Å²) in [4.78, 5) is 12.1. The number of nitrogens with zero attached hydrogens (tertiary/aromatic N) is 3. The standard InChI is InChI=1S/C17H16N4O/c22-16-12-19-20-17(18-11-14-7-3-1-4-8-14)21(16)13-15-9-5-2-6-10-15/h1-10,12H,11,13H2,(H,18,20). The van der Waals surface area contributed by atoms with Crippen LogP contribution in [-0.2, 0) is 13.1 Å². The molecule has 0 bridgehead atoms. The van der Waals surface area contributed by atoms with Gasteiger partial charge in [0.1, 0.15) is 6.20 Å². The van der Waals surface area contributed by atoms with Gasteiger partial charge < -0.3 is 5.32 Å². The summed E-state index contributed by atoms with van der Waals surface area (Å²) >= 11 is 0. The van der Waals surface area contributed by atoms with Crippen LogP contribution in [0.2, 0.25) is 0 Å². The third kappa shape index (κ3) is 3.38. The van der Waals surface area contributed by atoms with Crippen LogP contribution in [0.4, 0.5) is 5.95 Å². The minimum absolute atomic E-state index is 0.172. The second kappa shape index (κ2) is 6.67. The molecule has 0 fully saturated rings. The molecule has 0 atom stereocenters. The number of aromatic nitrogens is 3. The molecule has 0 radical (unpaired) electrons. The summed E-state index contributed by atoms with van der Waals surface area (Å²) in [5.41, 5.74) is 1.99. The molecule has 0 aliphatic carbocycles. The normalized spacial score (nSPS) is 10.4. The van der Waals surface area contributed by atoms with Gasteiger partial charge in [-0.05, 0) is 11.1 Å². The van der Waals surface area contributed by atoms with E-state index in [2.05, 4.69) is 15.5 Å². The molecule has 1 N–H and O–H groups in total. The molecule has 5 heteroatoms. The van der Waals surface area contributed by atoms with Gasteiger partial charge in [-0.2, -0.15) is 0 Å². The van der Waals surface area contributed by atoms with E-state index in [1.165, 1.54) is 6.20 Å². The topological polar surface area (TPSA) is 59.8 Å². The second-order valence-electron chi connectivity index (χ2n) is 4.92. The second-order valence-corrected chi connectivity index (χ2v) is 4.92. The van der Waals surface area contributed by atoms with Crippen molar-refractivity contribution < 1.29 is 0 Å². The third-order valence-electron chi connectivity index (χ3n) is 3.32. The summed E-state index contributed by atoms with van der Waals surface area (Å²) < 4.78 is 1.59.